The molecule has 298 valence electrons. The van der Waals surface area contributed by atoms with Gasteiger partial charge in [0.15, 0.2) is 11.5 Å². The number of aromatic nitrogens is 6. The Kier molecular flexibility index (Phi) is 9.27. The summed E-state index contributed by atoms with van der Waals surface area (Å²) in [6, 6.07) is 12.5. The Morgan fingerprint density at radius 1 is 1.00 bits per heavy atom. The van der Waals surface area contributed by atoms with Crippen molar-refractivity contribution in [3.05, 3.63) is 112 Å². The van der Waals surface area contributed by atoms with E-state index in [1.165, 1.54) is 24.0 Å². The van der Waals surface area contributed by atoms with Crippen LogP contribution in [0, 0.1) is 29.4 Å². The molecule has 4 heterocycles. The second-order valence-corrected chi connectivity index (χ2v) is 15.9. The van der Waals surface area contributed by atoms with Crippen molar-refractivity contribution >= 4 is 44.3 Å². The quantitative estimate of drug-likeness (QED) is 0.111. The van der Waals surface area contributed by atoms with Crippen molar-refractivity contribution in [2.24, 2.45) is 13.0 Å². The van der Waals surface area contributed by atoms with Crippen molar-refractivity contribution < 1.29 is 43.9 Å². The van der Waals surface area contributed by atoms with E-state index >= 15 is 8.78 Å². The van der Waals surface area contributed by atoms with Crippen molar-refractivity contribution in [3.63, 3.8) is 0 Å². The molecule has 0 bridgehead atoms. The highest BCUT2D eigenvalue weighted by atomic mass is 35.5. The van der Waals surface area contributed by atoms with Crippen LogP contribution in [0.2, 0.25) is 5.02 Å². The van der Waals surface area contributed by atoms with Gasteiger partial charge in [-0.1, -0.05) is 41.6 Å². The number of nitrogens with one attached hydrogen (secondary N) is 2. The molecule has 20 heteroatoms. The Morgan fingerprint density at radius 2 is 1.72 bits per heavy atom. The monoisotopic (exact) mass is 842 g/mol. The SMILES string of the molecule is Cn1nc(NS(C)(=O)=O)c2c(Cl)ccc(-c3ccc(-c4ccccn4)nc3C(Cc3cc(F)cc(F)c3)NC(=O)Cn3nc(C(F)(F)F)c4c3C(F)(F)C3C#CC43)c21. The summed E-state index contributed by atoms with van der Waals surface area (Å²) in [4.78, 5) is 23.2. The zero-order valence-electron chi connectivity index (χ0n) is 29.8. The van der Waals surface area contributed by atoms with Crippen LogP contribution in [0.3, 0.4) is 0 Å². The molecule has 2 N–H and O–H groups in total. The van der Waals surface area contributed by atoms with Crippen LogP contribution in [0.1, 0.15) is 40.2 Å². The second-order valence-electron chi connectivity index (χ2n) is 13.7. The van der Waals surface area contributed by atoms with E-state index in [0.29, 0.717) is 27.5 Å². The molecule has 3 unspecified atom stereocenters. The lowest BCUT2D eigenvalue weighted by atomic mass is 9.84. The summed E-state index contributed by atoms with van der Waals surface area (Å²) in [5, 5.41) is 10.7. The second kappa shape index (κ2) is 13.8. The van der Waals surface area contributed by atoms with E-state index < -0.39 is 81.0 Å². The van der Waals surface area contributed by atoms with Gasteiger partial charge in [-0.15, -0.1) is 0 Å². The molecule has 2 aromatic carbocycles. The smallest absolute Gasteiger partial charge is 0.346 e. The molecule has 6 aromatic rings. The number of hydrogen-bond acceptors (Lipinski definition) is 7. The fourth-order valence-corrected chi connectivity index (χ4v) is 8.14. The summed E-state index contributed by atoms with van der Waals surface area (Å²) in [5.74, 6) is -5.55. The number of amides is 1. The molecule has 2 aliphatic rings. The van der Waals surface area contributed by atoms with E-state index in [0.717, 1.165) is 18.4 Å². The van der Waals surface area contributed by atoms with Gasteiger partial charge in [0.1, 0.15) is 29.8 Å². The number of nitrogens with zero attached hydrogens (tertiary/aromatic N) is 6. The Labute approximate surface area is 329 Å². The maximum atomic E-state index is 15.6. The zero-order chi connectivity index (χ0) is 41.5. The molecule has 0 radical (unpaired) electrons. The first-order valence-corrected chi connectivity index (χ1v) is 19.4. The van der Waals surface area contributed by atoms with Gasteiger partial charge in [0, 0.05) is 36.0 Å². The van der Waals surface area contributed by atoms with Crippen LogP contribution < -0.4 is 10.0 Å². The number of sulfonamides is 1. The lowest BCUT2D eigenvalue weighted by Crippen LogP contribution is -2.36. The van der Waals surface area contributed by atoms with Crippen molar-refractivity contribution in [2.75, 3.05) is 11.0 Å². The molecule has 3 atom stereocenters. The van der Waals surface area contributed by atoms with Gasteiger partial charge < -0.3 is 5.32 Å². The minimum absolute atomic E-state index is 0.0137. The highest BCUT2D eigenvalue weighted by molar-refractivity contribution is 7.92. The standard InChI is InChI=1S/C38H26ClF7N8O3S/c1-53-33-22(7-10-25(39)31(33)36(51-53)52-58(2,56)57)21-8-11-27(26-5-3-4-12-47-26)49-32(21)28(15-18-13-19(40)16-20(41)14-18)48-29(55)17-54-35-30(34(50-54)38(44,45)46)23-6-9-24(23)37(35,42)43/h3-5,7-8,10-14,16,23-24,28H,15,17H2,1-2H3,(H,48,55)(H,51,52). The predicted octanol–water partition coefficient (Wildman–Crippen LogP) is 7.14. The number of rotatable bonds is 10. The Bertz CT molecular complexity index is 2830. The van der Waals surface area contributed by atoms with Crippen LogP contribution in [-0.4, -0.2) is 50.1 Å². The first kappa shape index (κ1) is 38.9. The molecule has 0 fully saturated rings. The first-order chi connectivity index (χ1) is 27.3. The number of alkyl halides is 5. The fourth-order valence-electron chi connectivity index (χ4n) is 7.41. The minimum Gasteiger partial charge on any atom is -0.346 e. The summed E-state index contributed by atoms with van der Waals surface area (Å²) in [6.07, 6.45) is -3.10. The maximum absolute atomic E-state index is 15.6. The third kappa shape index (κ3) is 6.89. The third-order valence-corrected chi connectivity index (χ3v) is 10.6. The molecule has 11 nitrogen and oxygen atoms in total. The molecule has 0 saturated carbocycles. The molecule has 8 rings (SSSR count). The van der Waals surface area contributed by atoms with Gasteiger partial charge >= 0.3 is 12.1 Å². The number of pyridine rings is 2. The minimum atomic E-state index is -5.14. The number of benzene rings is 2. The van der Waals surface area contributed by atoms with Crippen LogP contribution in [0.4, 0.5) is 36.6 Å². The molecule has 0 saturated heterocycles. The normalized spacial score (nSPS) is 17.2. The topological polar surface area (TPSA) is 137 Å². The van der Waals surface area contributed by atoms with Crippen LogP contribution >= 0.6 is 11.6 Å². The van der Waals surface area contributed by atoms with Crippen molar-refractivity contribution in [1.82, 2.24) is 34.8 Å². The van der Waals surface area contributed by atoms with Gasteiger partial charge in [-0.3, -0.25) is 23.9 Å². The highest BCUT2D eigenvalue weighted by Crippen LogP contribution is 2.58. The summed E-state index contributed by atoms with van der Waals surface area (Å²) in [5.41, 5.74) is -1.91. The molecular weight excluding hydrogens is 817 g/mol. The summed E-state index contributed by atoms with van der Waals surface area (Å²) in [7, 11) is -2.33. The van der Waals surface area contributed by atoms with E-state index in [-0.39, 0.29) is 45.2 Å². The maximum Gasteiger partial charge on any atom is 0.435 e. The van der Waals surface area contributed by atoms with Gasteiger partial charge in [0.2, 0.25) is 15.9 Å². The average molecular weight is 843 g/mol. The Morgan fingerprint density at radius 3 is 2.36 bits per heavy atom. The van der Waals surface area contributed by atoms with Gasteiger partial charge in [-0.05, 0) is 48.4 Å². The van der Waals surface area contributed by atoms with Crippen LogP contribution in [-0.2, 0) is 46.9 Å². The third-order valence-electron chi connectivity index (χ3n) is 9.69. The molecule has 4 aromatic heterocycles. The molecular formula is C38H26ClF7N8O3S. The van der Waals surface area contributed by atoms with Gasteiger partial charge in [-0.2, -0.15) is 32.1 Å². The van der Waals surface area contributed by atoms with Gasteiger partial charge in [-0.25, -0.2) is 22.2 Å². The van der Waals surface area contributed by atoms with E-state index in [2.05, 4.69) is 37.1 Å². The number of carbonyl (C=O) groups excluding carboxylic acids is 1. The molecule has 0 spiro atoms. The summed E-state index contributed by atoms with van der Waals surface area (Å²) in [6.45, 7) is -1.12. The van der Waals surface area contributed by atoms with Gasteiger partial charge in [0.25, 0.3) is 0 Å². The summed E-state index contributed by atoms with van der Waals surface area (Å²) >= 11 is 6.59. The van der Waals surface area contributed by atoms with Crippen molar-refractivity contribution in [3.8, 4) is 34.4 Å². The number of aryl methyl sites for hydroxylation is 1. The number of anilines is 1. The average Bonchev–Trinajstić information content (AvgIpc) is 3.69. The summed E-state index contributed by atoms with van der Waals surface area (Å²) < 4.78 is 131. The number of carbonyl (C=O) groups is 1. The van der Waals surface area contributed by atoms with E-state index in [4.69, 9.17) is 16.6 Å². The fraction of sp³-hybridized carbons (Fsp3) is 0.237. The van der Waals surface area contributed by atoms with E-state index in [1.54, 1.807) is 36.4 Å². The molecule has 1 amide bonds. The Hall–Kier alpha value is -6.00. The molecule has 58 heavy (non-hydrogen) atoms. The Balaban J connectivity index is 1.29. The highest BCUT2D eigenvalue weighted by Gasteiger charge is 2.62. The lowest BCUT2D eigenvalue weighted by Gasteiger charge is -2.24. The predicted molar refractivity (Wildman–Crippen MR) is 197 cm³/mol. The number of fused-ring (bicyclic) bond motifs is 4. The largest absolute Gasteiger partial charge is 0.435 e. The van der Waals surface area contributed by atoms with Crippen LogP contribution in [0.5, 0.6) is 0 Å². The van der Waals surface area contributed by atoms with E-state index in [1.807, 2.05) is 0 Å². The lowest BCUT2D eigenvalue weighted by molar-refractivity contribution is -0.142. The number of halogens is 8. The molecule has 0 aliphatic heterocycles. The van der Waals surface area contributed by atoms with Crippen molar-refractivity contribution in [2.45, 2.75) is 37.0 Å². The van der Waals surface area contributed by atoms with Crippen LogP contribution in [0.15, 0.2) is 66.9 Å². The van der Waals surface area contributed by atoms with Crippen LogP contribution in [0.25, 0.3) is 33.4 Å². The molecule has 2 aliphatic carbocycles. The first-order valence-electron chi connectivity index (χ1n) is 17.2. The zero-order valence-corrected chi connectivity index (χ0v) is 31.4. The van der Waals surface area contributed by atoms with E-state index in [9.17, 15) is 35.2 Å². The van der Waals surface area contributed by atoms with Crippen molar-refractivity contribution in [1.29, 1.82) is 0 Å². The number of hydrogen-bond donors (Lipinski definition) is 2. The van der Waals surface area contributed by atoms with Gasteiger partial charge in [0.05, 0.1) is 51.2 Å².